The van der Waals surface area contributed by atoms with Gasteiger partial charge in [0, 0.05) is 7.05 Å². The average molecular weight is 216 g/mol. The lowest BCUT2D eigenvalue weighted by Gasteiger charge is -2.13. The van der Waals surface area contributed by atoms with E-state index in [1.54, 1.807) is 10.9 Å². The van der Waals surface area contributed by atoms with Crippen molar-refractivity contribution in [2.75, 3.05) is 0 Å². The van der Waals surface area contributed by atoms with Gasteiger partial charge in [-0.15, -0.1) is 5.10 Å². The van der Waals surface area contributed by atoms with E-state index in [1.165, 1.54) is 11.1 Å². The quantitative estimate of drug-likeness (QED) is 0.827. The minimum atomic E-state index is -0.167. The van der Waals surface area contributed by atoms with Crippen molar-refractivity contribution in [2.24, 2.45) is 12.8 Å². The fraction of sp³-hybridized carbons (Fsp3) is 0.333. The molecule has 16 heavy (non-hydrogen) atoms. The molecule has 0 saturated carbocycles. The number of aromatic nitrogens is 3. The van der Waals surface area contributed by atoms with Crippen LogP contribution in [-0.4, -0.2) is 15.0 Å². The fourth-order valence-electron chi connectivity index (χ4n) is 1.71. The van der Waals surface area contributed by atoms with Crippen molar-refractivity contribution in [1.82, 2.24) is 15.0 Å². The highest BCUT2D eigenvalue weighted by Crippen LogP contribution is 2.20. The van der Waals surface area contributed by atoms with Crippen LogP contribution in [0.2, 0.25) is 0 Å². The Kier molecular flexibility index (Phi) is 2.75. The summed E-state index contributed by atoms with van der Waals surface area (Å²) in [6.07, 6.45) is 1.71. The molecule has 1 unspecified atom stereocenters. The molecule has 4 nitrogen and oxygen atoms in total. The van der Waals surface area contributed by atoms with E-state index < -0.39 is 0 Å². The van der Waals surface area contributed by atoms with E-state index in [0.29, 0.717) is 0 Å². The molecule has 0 radical (unpaired) electrons. The molecule has 0 fully saturated rings. The monoisotopic (exact) mass is 216 g/mol. The zero-order valence-corrected chi connectivity index (χ0v) is 9.81. The second-order valence-electron chi connectivity index (χ2n) is 4.10. The lowest BCUT2D eigenvalue weighted by Crippen LogP contribution is -2.16. The number of nitrogens with two attached hydrogens (primary N) is 1. The summed E-state index contributed by atoms with van der Waals surface area (Å²) >= 11 is 0. The van der Waals surface area contributed by atoms with Gasteiger partial charge in [0.2, 0.25) is 0 Å². The van der Waals surface area contributed by atoms with Gasteiger partial charge in [-0.1, -0.05) is 23.4 Å². The molecule has 1 aromatic heterocycles. The minimum absolute atomic E-state index is 0.167. The number of hydrogen-bond acceptors (Lipinski definition) is 3. The van der Waals surface area contributed by atoms with Crippen LogP contribution in [0.15, 0.2) is 24.4 Å². The van der Waals surface area contributed by atoms with Crippen LogP contribution in [0.3, 0.4) is 0 Å². The molecule has 1 aromatic carbocycles. The van der Waals surface area contributed by atoms with Crippen molar-refractivity contribution in [2.45, 2.75) is 19.9 Å². The maximum atomic E-state index is 6.18. The first kappa shape index (κ1) is 10.8. The van der Waals surface area contributed by atoms with Gasteiger partial charge in [-0.3, -0.25) is 4.68 Å². The van der Waals surface area contributed by atoms with Crippen molar-refractivity contribution in [3.63, 3.8) is 0 Å². The number of hydrogen-bond donors (Lipinski definition) is 1. The second-order valence-corrected chi connectivity index (χ2v) is 4.10. The number of aryl methyl sites for hydroxylation is 3. The van der Waals surface area contributed by atoms with Crippen LogP contribution in [0.1, 0.15) is 28.4 Å². The summed E-state index contributed by atoms with van der Waals surface area (Å²) < 4.78 is 1.71. The summed E-state index contributed by atoms with van der Waals surface area (Å²) in [6.45, 7) is 4.18. The maximum Gasteiger partial charge on any atom is 0.0796 e. The van der Waals surface area contributed by atoms with Gasteiger partial charge in [-0.25, -0.2) is 0 Å². The zero-order valence-electron chi connectivity index (χ0n) is 9.81. The second kappa shape index (κ2) is 4.06. The van der Waals surface area contributed by atoms with Gasteiger partial charge in [0.15, 0.2) is 0 Å². The summed E-state index contributed by atoms with van der Waals surface area (Å²) in [5.41, 5.74) is 10.7. The molecule has 2 aromatic rings. The highest BCUT2D eigenvalue weighted by molar-refractivity contribution is 5.34. The number of rotatable bonds is 2. The van der Waals surface area contributed by atoms with E-state index in [1.807, 2.05) is 7.05 Å². The molecular formula is C12H16N4. The molecule has 1 atom stereocenters. The molecule has 0 aliphatic carbocycles. The van der Waals surface area contributed by atoms with E-state index in [0.717, 1.165) is 11.3 Å². The summed E-state index contributed by atoms with van der Waals surface area (Å²) in [5.74, 6) is 0. The first-order valence-electron chi connectivity index (χ1n) is 5.27. The molecule has 0 saturated heterocycles. The smallest absolute Gasteiger partial charge is 0.0796 e. The third kappa shape index (κ3) is 1.84. The van der Waals surface area contributed by atoms with Gasteiger partial charge in [0.25, 0.3) is 0 Å². The van der Waals surface area contributed by atoms with E-state index in [2.05, 4.69) is 42.4 Å². The Morgan fingerprint density at radius 3 is 2.56 bits per heavy atom. The molecule has 1 heterocycles. The SMILES string of the molecule is Cc1ccc(C(N)c2cnnn2C)cc1C. The van der Waals surface area contributed by atoms with Gasteiger partial charge in [-0.2, -0.15) is 0 Å². The molecule has 0 aliphatic rings. The average Bonchev–Trinajstić information content (AvgIpc) is 2.67. The van der Waals surface area contributed by atoms with Crippen LogP contribution in [0, 0.1) is 13.8 Å². The molecule has 4 heteroatoms. The highest BCUT2D eigenvalue weighted by Gasteiger charge is 2.13. The Balaban J connectivity index is 2.38. The highest BCUT2D eigenvalue weighted by atomic mass is 15.4. The molecule has 0 bridgehead atoms. The lowest BCUT2D eigenvalue weighted by atomic mass is 10.00. The Morgan fingerprint density at radius 2 is 2.00 bits per heavy atom. The molecule has 0 amide bonds. The Bertz CT molecular complexity index is 501. The lowest BCUT2D eigenvalue weighted by molar-refractivity contribution is 0.651. The van der Waals surface area contributed by atoms with Crippen molar-refractivity contribution in [1.29, 1.82) is 0 Å². The summed E-state index contributed by atoms with van der Waals surface area (Å²) in [5, 5.41) is 7.73. The van der Waals surface area contributed by atoms with E-state index in [4.69, 9.17) is 5.73 Å². The van der Waals surface area contributed by atoms with Crippen molar-refractivity contribution in [3.8, 4) is 0 Å². The van der Waals surface area contributed by atoms with Crippen LogP contribution in [0.4, 0.5) is 0 Å². The predicted molar refractivity (Wildman–Crippen MR) is 62.9 cm³/mol. The molecular weight excluding hydrogens is 200 g/mol. The predicted octanol–water partition coefficient (Wildman–Crippen LogP) is 1.48. The Labute approximate surface area is 95.1 Å². The normalized spacial score (nSPS) is 12.8. The Morgan fingerprint density at radius 1 is 1.25 bits per heavy atom. The largest absolute Gasteiger partial charge is 0.319 e. The molecule has 84 valence electrons. The van der Waals surface area contributed by atoms with E-state index >= 15 is 0 Å². The first-order chi connectivity index (χ1) is 7.59. The maximum absolute atomic E-state index is 6.18. The van der Waals surface area contributed by atoms with Gasteiger partial charge in [0.1, 0.15) is 0 Å². The van der Waals surface area contributed by atoms with Gasteiger partial charge >= 0.3 is 0 Å². The molecule has 0 aliphatic heterocycles. The van der Waals surface area contributed by atoms with Crippen LogP contribution < -0.4 is 5.73 Å². The summed E-state index contributed by atoms with van der Waals surface area (Å²) in [6, 6.07) is 6.10. The van der Waals surface area contributed by atoms with Gasteiger partial charge < -0.3 is 5.73 Å². The molecule has 2 N–H and O–H groups in total. The van der Waals surface area contributed by atoms with Crippen molar-refractivity contribution >= 4 is 0 Å². The number of nitrogens with zero attached hydrogens (tertiary/aromatic N) is 3. The fourth-order valence-corrected chi connectivity index (χ4v) is 1.71. The Hall–Kier alpha value is -1.68. The minimum Gasteiger partial charge on any atom is -0.319 e. The first-order valence-corrected chi connectivity index (χ1v) is 5.27. The third-order valence-electron chi connectivity index (χ3n) is 2.96. The topological polar surface area (TPSA) is 56.7 Å². The summed E-state index contributed by atoms with van der Waals surface area (Å²) in [7, 11) is 1.85. The molecule has 0 spiro atoms. The zero-order chi connectivity index (χ0) is 11.7. The van der Waals surface area contributed by atoms with Crippen LogP contribution >= 0.6 is 0 Å². The molecule has 2 rings (SSSR count). The van der Waals surface area contributed by atoms with E-state index in [-0.39, 0.29) is 6.04 Å². The van der Waals surface area contributed by atoms with Crippen molar-refractivity contribution < 1.29 is 0 Å². The van der Waals surface area contributed by atoms with E-state index in [9.17, 15) is 0 Å². The van der Waals surface area contributed by atoms with Gasteiger partial charge in [-0.05, 0) is 30.5 Å². The number of benzene rings is 1. The van der Waals surface area contributed by atoms with Crippen LogP contribution in [0.5, 0.6) is 0 Å². The van der Waals surface area contributed by atoms with Crippen LogP contribution in [0.25, 0.3) is 0 Å². The standard InChI is InChI=1S/C12H16N4/c1-8-4-5-10(6-9(8)2)12(13)11-7-14-15-16(11)3/h4-7,12H,13H2,1-3H3. The van der Waals surface area contributed by atoms with Crippen LogP contribution in [-0.2, 0) is 7.05 Å². The van der Waals surface area contributed by atoms with Gasteiger partial charge in [0.05, 0.1) is 17.9 Å². The van der Waals surface area contributed by atoms with Crippen molar-refractivity contribution in [3.05, 3.63) is 46.8 Å². The summed E-state index contributed by atoms with van der Waals surface area (Å²) in [4.78, 5) is 0. The third-order valence-corrected chi connectivity index (χ3v) is 2.96.